The summed E-state index contributed by atoms with van der Waals surface area (Å²) >= 11 is 1.85. The molecule has 0 amide bonds. The van der Waals surface area contributed by atoms with Crippen molar-refractivity contribution in [3.05, 3.63) is 243 Å². The largest absolute Gasteiger partial charge is 0.309 e. The Bertz CT molecular complexity index is 4340. The van der Waals surface area contributed by atoms with Crippen LogP contribution in [-0.2, 0) is 0 Å². The molecule has 11 aromatic carbocycles. The van der Waals surface area contributed by atoms with E-state index in [1.165, 1.54) is 69.2 Å². The zero-order valence-corrected chi connectivity index (χ0v) is 38.6. The molecule has 0 aliphatic carbocycles. The van der Waals surface area contributed by atoms with Crippen LogP contribution in [0, 0.1) is 0 Å². The molecule has 70 heavy (non-hydrogen) atoms. The fraction of sp³-hybridized carbons (Fsp3) is 0. The van der Waals surface area contributed by atoms with Crippen molar-refractivity contribution in [3.8, 4) is 73.2 Å². The molecule has 0 radical (unpaired) electrons. The molecule has 4 nitrogen and oxygen atoms in total. The monoisotopic (exact) mass is 908 g/mol. The van der Waals surface area contributed by atoms with E-state index in [4.69, 9.17) is 15.0 Å². The summed E-state index contributed by atoms with van der Waals surface area (Å²) in [7, 11) is 0. The van der Waals surface area contributed by atoms with Gasteiger partial charge in [0, 0.05) is 58.8 Å². The van der Waals surface area contributed by atoms with Crippen molar-refractivity contribution in [2.75, 3.05) is 0 Å². The third kappa shape index (κ3) is 6.70. The minimum absolute atomic E-state index is 0.606. The van der Waals surface area contributed by atoms with Crippen LogP contribution in [0.2, 0.25) is 0 Å². The van der Waals surface area contributed by atoms with Gasteiger partial charge in [-0.1, -0.05) is 188 Å². The van der Waals surface area contributed by atoms with Gasteiger partial charge in [0.25, 0.3) is 0 Å². The summed E-state index contributed by atoms with van der Waals surface area (Å²) < 4.78 is 4.99. The molecule has 5 heteroatoms. The lowest BCUT2D eigenvalue weighted by molar-refractivity contribution is 1.07. The first-order valence-corrected chi connectivity index (χ1v) is 24.5. The standard InChI is InChI=1S/C65H40N4S/c1-3-16-41(17-4-1)42-30-32-43(33-31-42)45-23-15-24-49(36-45)64-66-63(44-18-5-2-6-19-44)67-65(68-64)50-34-35-57(69-56-28-13-11-26-52(56)54-37-46-20-7-8-21-47(46)39-58(54)69)55(38-50)61-51-25-10-9-22-48(51)40-60-62(61)53-27-12-14-29-59(53)70-60/h1-40H. The van der Waals surface area contributed by atoms with Crippen molar-refractivity contribution in [3.63, 3.8) is 0 Å². The molecule has 0 bridgehead atoms. The quantitative estimate of drug-likeness (QED) is 0.160. The van der Waals surface area contributed by atoms with Crippen LogP contribution in [0.3, 0.4) is 0 Å². The van der Waals surface area contributed by atoms with E-state index < -0.39 is 0 Å². The number of para-hydroxylation sites is 1. The molecular formula is C65H40N4S. The number of fused-ring (bicyclic) bond motifs is 8. The van der Waals surface area contributed by atoms with Crippen LogP contribution >= 0.6 is 11.3 Å². The zero-order valence-electron chi connectivity index (χ0n) is 37.8. The number of hydrogen-bond donors (Lipinski definition) is 0. The summed E-state index contributed by atoms with van der Waals surface area (Å²) in [5.41, 5.74) is 13.0. The van der Waals surface area contributed by atoms with Crippen molar-refractivity contribution >= 4 is 74.9 Å². The Labute approximate surface area is 408 Å². The Hall–Kier alpha value is -9.03. The first kappa shape index (κ1) is 40.1. The van der Waals surface area contributed by atoms with Gasteiger partial charge in [-0.3, -0.25) is 0 Å². The molecule has 0 spiro atoms. The Balaban J connectivity index is 1.03. The highest BCUT2D eigenvalue weighted by atomic mass is 32.1. The molecular weight excluding hydrogens is 869 g/mol. The minimum atomic E-state index is 0.606. The number of benzene rings is 11. The highest BCUT2D eigenvalue weighted by Gasteiger charge is 2.23. The second-order valence-electron chi connectivity index (χ2n) is 17.9. The van der Waals surface area contributed by atoms with Crippen molar-refractivity contribution in [2.24, 2.45) is 0 Å². The van der Waals surface area contributed by atoms with Crippen molar-refractivity contribution in [2.45, 2.75) is 0 Å². The second kappa shape index (κ2) is 16.3. The van der Waals surface area contributed by atoms with Gasteiger partial charge < -0.3 is 4.57 Å². The minimum Gasteiger partial charge on any atom is -0.309 e. The van der Waals surface area contributed by atoms with E-state index in [0.29, 0.717) is 17.5 Å². The van der Waals surface area contributed by atoms with E-state index in [1.807, 2.05) is 29.5 Å². The summed E-state index contributed by atoms with van der Waals surface area (Å²) in [6.07, 6.45) is 0. The van der Waals surface area contributed by atoms with Gasteiger partial charge >= 0.3 is 0 Å². The fourth-order valence-corrected chi connectivity index (χ4v) is 11.7. The zero-order chi connectivity index (χ0) is 46.1. The molecule has 0 fully saturated rings. The van der Waals surface area contributed by atoms with E-state index in [0.717, 1.165) is 50.1 Å². The highest BCUT2D eigenvalue weighted by Crippen LogP contribution is 2.48. The number of aromatic nitrogens is 4. The van der Waals surface area contributed by atoms with E-state index in [-0.39, 0.29) is 0 Å². The number of rotatable bonds is 7. The van der Waals surface area contributed by atoms with Gasteiger partial charge in [-0.25, -0.2) is 15.0 Å². The first-order valence-electron chi connectivity index (χ1n) is 23.7. The van der Waals surface area contributed by atoms with Gasteiger partial charge in [0.2, 0.25) is 0 Å². The first-order chi connectivity index (χ1) is 34.7. The van der Waals surface area contributed by atoms with Crippen molar-refractivity contribution in [1.29, 1.82) is 0 Å². The van der Waals surface area contributed by atoms with Gasteiger partial charge in [0.05, 0.1) is 16.7 Å². The summed E-state index contributed by atoms with van der Waals surface area (Å²) in [6.45, 7) is 0. The van der Waals surface area contributed by atoms with Crippen LogP contribution in [0.15, 0.2) is 243 Å². The van der Waals surface area contributed by atoms with E-state index in [2.05, 4.69) is 229 Å². The smallest absolute Gasteiger partial charge is 0.164 e. The lowest BCUT2D eigenvalue weighted by atomic mass is 9.91. The maximum atomic E-state index is 5.39. The molecule has 3 heterocycles. The van der Waals surface area contributed by atoms with Crippen LogP contribution < -0.4 is 0 Å². The average molecular weight is 909 g/mol. The Kier molecular flexibility index (Phi) is 9.36. The van der Waals surface area contributed by atoms with Crippen molar-refractivity contribution in [1.82, 2.24) is 19.5 Å². The van der Waals surface area contributed by atoms with Crippen LogP contribution in [0.1, 0.15) is 0 Å². The summed E-state index contributed by atoms with van der Waals surface area (Å²) in [5.74, 6) is 1.84. The number of hydrogen-bond acceptors (Lipinski definition) is 4. The summed E-state index contributed by atoms with van der Waals surface area (Å²) in [4.78, 5) is 15.9. The lowest BCUT2D eigenvalue weighted by Gasteiger charge is -2.19. The average Bonchev–Trinajstić information content (AvgIpc) is 3.97. The van der Waals surface area contributed by atoms with E-state index in [1.54, 1.807) is 0 Å². The fourth-order valence-electron chi connectivity index (χ4n) is 10.5. The maximum Gasteiger partial charge on any atom is 0.164 e. The van der Waals surface area contributed by atoms with Crippen molar-refractivity contribution < 1.29 is 0 Å². The molecule has 0 atom stereocenters. The number of thiophene rings is 1. The molecule has 0 N–H and O–H groups in total. The SMILES string of the molecule is c1ccc(-c2ccc(-c3cccc(-c4nc(-c5ccccc5)nc(-c5ccc(-n6c7ccccc7c7cc8ccccc8cc76)c(-c6c7ccccc7cc7sc8ccccc8c67)c5)n4)c3)cc2)cc1. The molecule has 0 saturated carbocycles. The molecule has 0 saturated heterocycles. The van der Waals surface area contributed by atoms with Crippen LogP contribution in [0.4, 0.5) is 0 Å². The molecule has 0 aliphatic heterocycles. The Morgan fingerprint density at radius 1 is 0.300 bits per heavy atom. The third-order valence-electron chi connectivity index (χ3n) is 13.8. The van der Waals surface area contributed by atoms with Crippen LogP contribution in [0.25, 0.3) is 137 Å². The molecule has 14 aromatic rings. The molecule has 0 aliphatic rings. The Morgan fingerprint density at radius 3 is 1.59 bits per heavy atom. The molecule has 0 unspecified atom stereocenters. The predicted molar refractivity (Wildman–Crippen MR) is 295 cm³/mol. The normalized spacial score (nSPS) is 11.7. The van der Waals surface area contributed by atoms with Gasteiger partial charge in [-0.15, -0.1) is 11.3 Å². The van der Waals surface area contributed by atoms with Crippen LogP contribution in [0.5, 0.6) is 0 Å². The lowest BCUT2D eigenvalue weighted by Crippen LogP contribution is -2.02. The summed E-state index contributed by atoms with van der Waals surface area (Å²) in [6, 6.07) is 87.1. The predicted octanol–water partition coefficient (Wildman–Crippen LogP) is 17.6. The van der Waals surface area contributed by atoms with E-state index >= 15 is 0 Å². The van der Waals surface area contributed by atoms with Gasteiger partial charge in [0.15, 0.2) is 17.5 Å². The second-order valence-corrected chi connectivity index (χ2v) is 19.0. The molecule has 3 aromatic heterocycles. The molecule has 326 valence electrons. The topological polar surface area (TPSA) is 43.6 Å². The summed E-state index contributed by atoms with van der Waals surface area (Å²) in [5, 5.41) is 9.75. The van der Waals surface area contributed by atoms with E-state index in [9.17, 15) is 0 Å². The highest BCUT2D eigenvalue weighted by molar-refractivity contribution is 7.26. The van der Waals surface area contributed by atoms with Gasteiger partial charge in [0.1, 0.15) is 0 Å². The third-order valence-corrected chi connectivity index (χ3v) is 14.9. The maximum absolute atomic E-state index is 5.39. The Morgan fingerprint density at radius 2 is 0.829 bits per heavy atom. The number of nitrogens with zero attached hydrogens (tertiary/aromatic N) is 4. The van der Waals surface area contributed by atoms with Gasteiger partial charge in [-0.2, -0.15) is 0 Å². The van der Waals surface area contributed by atoms with Gasteiger partial charge in [-0.05, 0) is 98.4 Å². The molecule has 14 rings (SSSR count). The van der Waals surface area contributed by atoms with Crippen LogP contribution in [-0.4, -0.2) is 19.5 Å².